The van der Waals surface area contributed by atoms with Crippen molar-refractivity contribution >= 4 is 22.3 Å². The minimum Gasteiger partial charge on any atom is -0.300 e. The zero-order chi connectivity index (χ0) is 24.2. The van der Waals surface area contributed by atoms with Crippen molar-refractivity contribution in [3.05, 3.63) is 82.4 Å². The van der Waals surface area contributed by atoms with Crippen molar-refractivity contribution in [3.8, 4) is 0 Å². The molecule has 0 N–H and O–H groups in total. The molecule has 0 saturated heterocycles. The van der Waals surface area contributed by atoms with Gasteiger partial charge < -0.3 is 4.79 Å². The molecule has 2 heteroatoms. The molecule has 1 aliphatic carbocycles. The van der Waals surface area contributed by atoms with Crippen LogP contribution < -0.4 is 0 Å². The predicted molar refractivity (Wildman–Crippen MR) is 142 cm³/mol. The van der Waals surface area contributed by atoms with Crippen LogP contribution in [0.15, 0.2) is 54.6 Å². The molecule has 34 heavy (non-hydrogen) atoms. The van der Waals surface area contributed by atoms with E-state index in [1.165, 1.54) is 38.6 Å². The smallest absolute Gasteiger partial charge is 0.136 e. The van der Waals surface area contributed by atoms with E-state index in [1.54, 1.807) is 6.92 Å². The maximum absolute atomic E-state index is 13.4. The van der Waals surface area contributed by atoms with Gasteiger partial charge in [0.15, 0.2) is 0 Å². The van der Waals surface area contributed by atoms with Crippen LogP contribution in [0.5, 0.6) is 0 Å². The monoisotopic (exact) mass is 454 g/mol. The van der Waals surface area contributed by atoms with E-state index in [2.05, 4.69) is 75.4 Å². The first-order valence-corrected chi connectivity index (χ1v) is 13.0. The molecule has 0 radical (unpaired) electrons. The van der Waals surface area contributed by atoms with E-state index < -0.39 is 0 Å². The number of aryl methyl sites for hydroxylation is 3. The van der Waals surface area contributed by atoms with Crippen molar-refractivity contribution in [3.63, 3.8) is 0 Å². The minimum atomic E-state index is 0.0221. The van der Waals surface area contributed by atoms with Crippen LogP contribution in [0.25, 0.3) is 10.8 Å². The highest BCUT2D eigenvalue weighted by Crippen LogP contribution is 2.49. The summed E-state index contributed by atoms with van der Waals surface area (Å²) in [7, 11) is 0. The number of hydrogen-bond acceptors (Lipinski definition) is 2. The van der Waals surface area contributed by atoms with Gasteiger partial charge in [-0.25, -0.2) is 0 Å². The fourth-order valence-electron chi connectivity index (χ4n) is 6.06. The van der Waals surface area contributed by atoms with Gasteiger partial charge in [0.1, 0.15) is 11.6 Å². The maximum Gasteiger partial charge on any atom is 0.136 e. The molecular formula is C32H38O2. The molecule has 3 aromatic carbocycles. The Balaban J connectivity index is 1.71. The molecule has 0 aliphatic heterocycles. The number of hydrogen-bond donors (Lipinski definition) is 0. The van der Waals surface area contributed by atoms with Crippen LogP contribution in [-0.2, 0) is 22.4 Å². The van der Waals surface area contributed by atoms with Crippen LogP contribution in [0.3, 0.4) is 0 Å². The Morgan fingerprint density at radius 1 is 0.853 bits per heavy atom. The zero-order valence-electron chi connectivity index (χ0n) is 21.2. The molecule has 3 aromatic rings. The summed E-state index contributed by atoms with van der Waals surface area (Å²) in [6.07, 6.45) is 5.68. The average molecular weight is 455 g/mol. The van der Waals surface area contributed by atoms with Crippen LogP contribution in [0, 0.1) is 12.8 Å². The van der Waals surface area contributed by atoms with Crippen LogP contribution in [-0.4, -0.2) is 11.6 Å². The minimum absolute atomic E-state index is 0.0221. The number of rotatable bonds is 9. The van der Waals surface area contributed by atoms with Gasteiger partial charge in [-0.1, -0.05) is 68.4 Å². The molecule has 0 amide bonds. The second-order valence-corrected chi connectivity index (χ2v) is 10.2. The van der Waals surface area contributed by atoms with Crippen LogP contribution in [0.4, 0.5) is 0 Å². The van der Waals surface area contributed by atoms with Crippen molar-refractivity contribution in [1.82, 2.24) is 0 Å². The summed E-state index contributed by atoms with van der Waals surface area (Å²) in [5.74, 6) is 1.15. The molecule has 2 nitrogen and oxygen atoms in total. The topological polar surface area (TPSA) is 34.1 Å². The fourth-order valence-corrected chi connectivity index (χ4v) is 6.06. The highest BCUT2D eigenvalue weighted by molar-refractivity contribution is 5.87. The molecule has 1 aliphatic rings. The van der Waals surface area contributed by atoms with E-state index >= 15 is 0 Å². The van der Waals surface area contributed by atoms with Crippen molar-refractivity contribution in [2.45, 2.75) is 84.5 Å². The summed E-state index contributed by atoms with van der Waals surface area (Å²) in [5.41, 5.74) is 6.83. The Labute approximate surface area is 204 Å². The summed E-state index contributed by atoms with van der Waals surface area (Å²) in [4.78, 5) is 24.9. The zero-order valence-corrected chi connectivity index (χ0v) is 21.2. The lowest BCUT2D eigenvalue weighted by Gasteiger charge is -2.22. The van der Waals surface area contributed by atoms with Crippen molar-refractivity contribution in [1.29, 1.82) is 0 Å². The molecule has 1 saturated carbocycles. The van der Waals surface area contributed by atoms with Gasteiger partial charge in [-0.2, -0.15) is 0 Å². The van der Waals surface area contributed by atoms with Gasteiger partial charge in [0.25, 0.3) is 0 Å². The summed E-state index contributed by atoms with van der Waals surface area (Å²) >= 11 is 0. The highest BCUT2D eigenvalue weighted by Gasteiger charge is 2.40. The molecule has 0 bridgehead atoms. The molecule has 1 fully saturated rings. The van der Waals surface area contributed by atoms with Gasteiger partial charge in [0.05, 0.1) is 0 Å². The van der Waals surface area contributed by atoms with Gasteiger partial charge in [-0.15, -0.1) is 0 Å². The molecule has 0 spiro atoms. The van der Waals surface area contributed by atoms with E-state index in [1.807, 2.05) is 0 Å². The summed E-state index contributed by atoms with van der Waals surface area (Å²) in [6.45, 7) is 8.28. The third-order valence-corrected chi connectivity index (χ3v) is 7.90. The van der Waals surface area contributed by atoms with Crippen LogP contribution in [0.2, 0.25) is 0 Å². The van der Waals surface area contributed by atoms with Gasteiger partial charge in [-0.3, -0.25) is 4.79 Å². The molecule has 178 valence electrons. The van der Waals surface area contributed by atoms with Crippen LogP contribution >= 0.6 is 0 Å². The molecule has 3 unspecified atom stereocenters. The predicted octanol–water partition coefficient (Wildman–Crippen LogP) is 7.88. The first-order valence-electron chi connectivity index (χ1n) is 13.0. The molecule has 0 aromatic heterocycles. The Kier molecular flexibility index (Phi) is 7.66. The second kappa shape index (κ2) is 10.7. The fraction of sp³-hybridized carbons (Fsp3) is 0.438. The normalized spacial score (nSPS) is 20.1. The molecular weight excluding hydrogens is 416 g/mol. The lowest BCUT2D eigenvalue weighted by Crippen LogP contribution is -2.18. The van der Waals surface area contributed by atoms with Gasteiger partial charge in [0, 0.05) is 18.8 Å². The van der Waals surface area contributed by atoms with E-state index in [0.29, 0.717) is 31.0 Å². The lowest BCUT2D eigenvalue weighted by atomic mass is 9.81. The third kappa shape index (κ3) is 5.17. The number of carbonyl (C=O) groups is 2. The summed E-state index contributed by atoms with van der Waals surface area (Å²) in [6, 6.07) is 20.1. The molecule has 0 heterocycles. The van der Waals surface area contributed by atoms with E-state index in [-0.39, 0.29) is 17.6 Å². The third-order valence-electron chi connectivity index (χ3n) is 7.90. The standard InChI is InChI=1S/C32H38O2/c1-5-23-16-26-15-21(3)29(18-27(26)17-24(23)6-2)30-19-28(25-12-8-7-9-13-25)20-31(30)32(34)14-10-11-22(4)33/h7-9,12-13,15-18,28,30-31H,5-6,10-11,14,19-20H2,1-4H3. The highest BCUT2D eigenvalue weighted by atomic mass is 16.1. The van der Waals surface area contributed by atoms with E-state index in [0.717, 1.165) is 25.7 Å². The summed E-state index contributed by atoms with van der Waals surface area (Å²) in [5, 5.41) is 2.60. The first kappa shape index (κ1) is 24.4. The second-order valence-electron chi connectivity index (χ2n) is 10.2. The number of carbonyl (C=O) groups excluding carboxylic acids is 2. The van der Waals surface area contributed by atoms with Crippen molar-refractivity contribution < 1.29 is 9.59 Å². The number of Topliss-reactive ketones (excluding diaryl/α,β-unsaturated/α-hetero) is 2. The van der Waals surface area contributed by atoms with Crippen LogP contribution in [0.1, 0.15) is 92.5 Å². The average Bonchev–Trinajstić information content (AvgIpc) is 3.28. The Hall–Kier alpha value is -2.74. The quantitative estimate of drug-likeness (QED) is 0.329. The lowest BCUT2D eigenvalue weighted by molar-refractivity contribution is -0.123. The number of fused-ring (bicyclic) bond motifs is 1. The van der Waals surface area contributed by atoms with E-state index in [4.69, 9.17) is 0 Å². The Morgan fingerprint density at radius 3 is 2.12 bits per heavy atom. The largest absolute Gasteiger partial charge is 0.300 e. The van der Waals surface area contributed by atoms with Gasteiger partial charge in [-0.05, 0) is 96.4 Å². The van der Waals surface area contributed by atoms with Crippen molar-refractivity contribution in [2.24, 2.45) is 5.92 Å². The SMILES string of the molecule is CCc1cc2cc(C)c(C3CC(c4ccccc4)CC3C(=O)CCCC(C)=O)cc2cc1CC. The Bertz CT molecular complexity index is 1170. The van der Waals surface area contributed by atoms with E-state index in [9.17, 15) is 9.59 Å². The molecule has 3 atom stereocenters. The Morgan fingerprint density at radius 2 is 1.50 bits per heavy atom. The molecule has 4 rings (SSSR count). The maximum atomic E-state index is 13.4. The van der Waals surface area contributed by atoms with Gasteiger partial charge >= 0.3 is 0 Å². The first-order chi connectivity index (χ1) is 16.4. The number of ketones is 2. The number of benzene rings is 3. The van der Waals surface area contributed by atoms with Crippen molar-refractivity contribution in [2.75, 3.05) is 0 Å². The summed E-state index contributed by atoms with van der Waals surface area (Å²) < 4.78 is 0. The van der Waals surface area contributed by atoms with Gasteiger partial charge in [0.2, 0.25) is 0 Å².